The van der Waals surface area contributed by atoms with Gasteiger partial charge in [0.25, 0.3) is 5.91 Å². The average molecular weight is 491 g/mol. The third-order valence-electron chi connectivity index (χ3n) is 4.94. The van der Waals surface area contributed by atoms with Crippen molar-refractivity contribution in [3.63, 3.8) is 0 Å². The fourth-order valence-electron chi connectivity index (χ4n) is 3.16. The van der Waals surface area contributed by atoms with Crippen molar-refractivity contribution in [1.29, 1.82) is 0 Å². The first-order valence-electron chi connectivity index (χ1n) is 10.7. The minimum Gasteiger partial charge on any atom is -0.457 e. The molecule has 2 aromatic carbocycles. The van der Waals surface area contributed by atoms with Crippen molar-refractivity contribution in [3.8, 4) is 22.8 Å². The standard InChI is InChI=1S/C26H23FN4O3S/c1-35(33,23-4-3-15-28-18-23)30-17-16-29-26(32)25-6-2-5-24(31-25)19-7-11-21(12-8-19)34-22-13-9-20(27)10-14-22/h2-15,18H,1,16-17H2,(H,29,32)(H,30,33). The van der Waals surface area contributed by atoms with Crippen molar-refractivity contribution in [2.24, 2.45) is 0 Å². The van der Waals surface area contributed by atoms with Gasteiger partial charge in [0.05, 0.1) is 20.3 Å². The predicted octanol–water partition coefficient (Wildman–Crippen LogP) is 4.08. The number of hydrogen-bond donors (Lipinski definition) is 2. The molecule has 2 N–H and O–H groups in total. The topological polar surface area (TPSA) is 93.2 Å². The first-order valence-corrected chi connectivity index (χ1v) is 12.4. The zero-order valence-electron chi connectivity index (χ0n) is 18.7. The van der Waals surface area contributed by atoms with Crippen LogP contribution in [0, 0.1) is 5.82 Å². The fourth-order valence-corrected chi connectivity index (χ4v) is 4.29. The van der Waals surface area contributed by atoms with Gasteiger partial charge in [-0.05, 0) is 78.7 Å². The monoisotopic (exact) mass is 490 g/mol. The molecule has 35 heavy (non-hydrogen) atoms. The second kappa shape index (κ2) is 10.9. The molecule has 4 aromatic rings. The Kier molecular flexibility index (Phi) is 7.49. The van der Waals surface area contributed by atoms with Gasteiger partial charge in [-0.1, -0.05) is 6.07 Å². The number of ether oxygens (including phenoxy) is 1. The first kappa shape index (κ1) is 24.1. The Morgan fingerprint density at radius 1 is 0.943 bits per heavy atom. The maximum Gasteiger partial charge on any atom is 0.269 e. The second-order valence-corrected chi connectivity index (χ2v) is 9.61. The van der Waals surface area contributed by atoms with Crippen LogP contribution in [0.25, 0.3) is 11.3 Å². The molecular formula is C26H23FN4O3S. The Hall–Kier alpha value is -4.08. The van der Waals surface area contributed by atoms with E-state index < -0.39 is 9.71 Å². The van der Waals surface area contributed by atoms with E-state index in [4.69, 9.17) is 4.74 Å². The number of halogens is 1. The molecular weight excluding hydrogens is 467 g/mol. The van der Waals surface area contributed by atoms with Gasteiger partial charge in [-0.25, -0.2) is 18.3 Å². The summed E-state index contributed by atoms with van der Waals surface area (Å²) in [6.07, 6.45) is 3.09. The van der Waals surface area contributed by atoms with Crippen LogP contribution in [-0.2, 0) is 9.71 Å². The normalized spacial score (nSPS) is 12.5. The van der Waals surface area contributed by atoms with Crippen LogP contribution in [0.4, 0.5) is 4.39 Å². The summed E-state index contributed by atoms with van der Waals surface area (Å²) in [4.78, 5) is 21.5. The molecule has 7 nitrogen and oxygen atoms in total. The molecule has 0 bridgehead atoms. The van der Waals surface area contributed by atoms with E-state index in [2.05, 4.69) is 25.9 Å². The highest BCUT2D eigenvalue weighted by molar-refractivity contribution is 7.98. The van der Waals surface area contributed by atoms with Crippen LogP contribution >= 0.6 is 0 Å². The van der Waals surface area contributed by atoms with Crippen molar-refractivity contribution in [1.82, 2.24) is 20.0 Å². The molecule has 0 radical (unpaired) electrons. The van der Waals surface area contributed by atoms with Gasteiger partial charge in [-0.3, -0.25) is 9.78 Å². The highest BCUT2D eigenvalue weighted by Gasteiger charge is 2.10. The van der Waals surface area contributed by atoms with Crippen LogP contribution in [0.1, 0.15) is 10.5 Å². The molecule has 1 unspecified atom stereocenters. The Morgan fingerprint density at radius 3 is 2.34 bits per heavy atom. The Balaban J connectivity index is 1.33. The number of carbonyl (C=O) groups is 1. The van der Waals surface area contributed by atoms with Crippen molar-refractivity contribution < 1.29 is 18.1 Å². The summed E-state index contributed by atoms with van der Waals surface area (Å²) >= 11 is 0. The molecule has 0 aliphatic carbocycles. The third-order valence-corrected chi connectivity index (χ3v) is 6.62. The van der Waals surface area contributed by atoms with Crippen LogP contribution in [0.2, 0.25) is 0 Å². The number of nitrogens with zero attached hydrogens (tertiary/aromatic N) is 2. The van der Waals surface area contributed by atoms with E-state index in [1.54, 1.807) is 60.8 Å². The van der Waals surface area contributed by atoms with E-state index in [0.717, 1.165) is 5.56 Å². The number of rotatable bonds is 9. The Morgan fingerprint density at radius 2 is 1.66 bits per heavy atom. The third kappa shape index (κ3) is 6.50. The van der Waals surface area contributed by atoms with Crippen molar-refractivity contribution in [3.05, 3.63) is 103 Å². The lowest BCUT2D eigenvalue weighted by molar-refractivity contribution is 0.0949. The zero-order chi connectivity index (χ0) is 24.7. The van der Waals surface area contributed by atoms with Gasteiger partial charge >= 0.3 is 0 Å². The van der Waals surface area contributed by atoms with E-state index in [0.29, 0.717) is 22.1 Å². The number of hydrogen-bond acceptors (Lipinski definition) is 5. The number of pyridine rings is 2. The molecule has 2 heterocycles. The molecule has 1 amide bonds. The van der Waals surface area contributed by atoms with Gasteiger partial charge < -0.3 is 10.1 Å². The molecule has 9 heteroatoms. The van der Waals surface area contributed by atoms with Crippen molar-refractivity contribution >= 4 is 21.5 Å². The summed E-state index contributed by atoms with van der Waals surface area (Å²) in [5.41, 5.74) is 1.69. The van der Waals surface area contributed by atoms with Gasteiger partial charge in [0.2, 0.25) is 0 Å². The molecule has 0 saturated carbocycles. The fraction of sp³-hybridized carbons (Fsp3) is 0.0769. The number of carbonyl (C=O) groups excluding carboxylic acids is 1. The second-order valence-electron chi connectivity index (χ2n) is 7.50. The van der Waals surface area contributed by atoms with E-state index in [1.807, 2.05) is 12.1 Å². The zero-order valence-corrected chi connectivity index (χ0v) is 19.5. The maximum absolute atomic E-state index is 13.0. The minimum atomic E-state index is -2.70. The van der Waals surface area contributed by atoms with Crippen LogP contribution in [-0.4, -0.2) is 39.0 Å². The SMILES string of the molecule is C=S(=O)(NCCNC(=O)c1cccc(-c2ccc(Oc3ccc(F)cc3)cc2)n1)c1cccnc1. The summed E-state index contributed by atoms with van der Waals surface area (Å²) in [5.74, 6) is 4.17. The van der Waals surface area contributed by atoms with E-state index in [9.17, 15) is 13.4 Å². The molecule has 0 aliphatic rings. The molecule has 1 atom stereocenters. The lowest BCUT2D eigenvalue weighted by Gasteiger charge is -2.12. The maximum atomic E-state index is 13.0. The van der Waals surface area contributed by atoms with E-state index in [-0.39, 0.29) is 30.5 Å². The molecule has 2 aromatic heterocycles. The lowest BCUT2D eigenvalue weighted by atomic mass is 10.1. The molecule has 4 rings (SSSR count). The van der Waals surface area contributed by atoms with E-state index in [1.165, 1.54) is 18.3 Å². The highest BCUT2D eigenvalue weighted by atomic mass is 32.2. The predicted molar refractivity (Wildman–Crippen MR) is 134 cm³/mol. The summed E-state index contributed by atoms with van der Waals surface area (Å²) in [5, 5.41) is 2.76. The summed E-state index contributed by atoms with van der Waals surface area (Å²) < 4.78 is 34.2. The van der Waals surface area contributed by atoms with E-state index >= 15 is 0 Å². The van der Waals surface area contributed by atoms with Gasteiger partial charge in [0, 0.05) is 31.0 Å². The number of amides is 1. The average Bonchev–Trinajstić information content (AvgIpc) is 2.89. The Labute approximate surface area is 203 Å². The first-order chi connectivity index (χ1) is 16.9. The molecule has 0 saturated heterocycles. The molecule has 0 spiro atoms. The lowest BCUT2D eigenvalue weighted by Crippen LogP contribution is -2.35. The van der Waals surface area contributed by atoms with Crippen LogP contribution < -0.4 is 14.8 Å². The minimum absolute atomic E-state index is 0.243. The van der Waals surface area contributed by atoms with Crippen molar-refractivity contribution in [2.45, 2.75) is 4.90 Å². The molecule has 0 fully saturated rings. The van der Waals surface area contributed by atoms with Gasteiger partial charge in [0.1, 0.15) is 23.0 Å². The number of aromatic nitrogens is 2. The highest BCUT2D eigenvalue weighted by Crippen LogP contribution is 2.25. The smallest absolute Gasteiger partial charge is 0.269 e. The Bertz CT molecular complexity index is 1390. The summed E-state index contributed by atoms with van der Waals surface area (Å²) in [7, 11) is -2.70. The van der Waals surface area contributed by atoms with Crippen molar-refractivity contribution in [2.75, 3.05) is 13.1 Å². The summed E-state index contributed by atoms with van der Waals surface area (Å²) in [6, 6.07) is 21.5. The van der Waals surface area contributed by atoms with Gasteiger partial charge in [-0.15, -0.1) is 0 Å². The van der Waals surface area contributed by atoms with Crippen LogP contribution in [0.5, 0.6) is 11.5 Å². The van der Waals surface area contributed by atoms with Gasteiger partial charge in [-0.2, -0.15) is 0 Å². The quantitative estimate of drug-likeness (QED) is 0.272. The number of benzene rings is 2. The molecule has 178 valence electrons. The molecule has 0 aliphatic heterocycles. The van der Waals surface area contributed by atoms with Crippen LogP contribution in [0.15, 0.2) is 96.2 Å². The van der Waals surface area contributed by atoms with Gasteiger partial charge in [0.15, 0.2) is 0 Å². The largest absolute Gasteiger partial charge is 0.457 e. The summed E-state index contributed by atoms with van der Waals surface area (Å²) in [6.45, 7) is 0.505. The number of nitrogens with one attached hydrogen (secondary N) is 2. The van der Waals surface area contributed by atoms with Crippen LogP contribution in [0.3, 0.4) is 0 Å².